The minimum Gasteiger partial charge on any atom is -0.416 e. The molecule has 0 radical (unpaired) electrons. The Balaban J connectivity index is 1.88. The smallest absolute Gasteiger partial charge is 0.388 e. The lowest BCUT2D eigenvalue weighted by molar-refractivity contribution is -0.0552. The summed E-state index contributed by atoms with van der Waals surface area (Å²) >= 11 is 18.7. The summed E-state index contributed by atoms with van der Waals surface area (Å²) in [5.74, 6) is -0.693. The summed E-state index contributed by atoms with van der Waals surface area (Å²) in [5, 5.41) is 4.21. The zero-order valence-corrected chi connectivity index (χ0v) is 18.3. The lowest BCUT2D eigenvalue weighted by atomic mass is 10.1. The highest BCUT2D eigenvalue weighted by molar-refractivity contribution is 6.39. The summed E-state index contributed by atoms with van der Waals surface area (Å²) in [4.78, 5) is 14.4. The number of carbonyl (C=O) groups excluding carboxylic acids is 1. The van der Waals surface area contributed by atoms with Gasteiger partial charge in [0.25, 0.3) is 5.91 Å². The third-order valence-corrected chi connectivity index (χ3v) is 5.39. The molecule has 0 unspecified atom stereocenters. The number of hydrogen-bond acceptors (Lipinski definition) is 5. The molecule has 1 aromatic heterocycles. The van der Waals surface area contributed by atoms with E-state index < -0.39 is 6.61 Å². The van der Waals surface area contributed by atoms with Crippen molar-refractivity contribution in [2.75, 3.05) is 26.8 Å². The van der Waals surface area contributed by atoms with Crippen LogP contribution < -0.4 is 4.74 Å². The van der Waals surface area contributed by atoms with Crippen LogP contribution in [0.3, 0.4) is 0 Å². The summed E-state index contributed by atoms with van der Waals surface area (Å²) in [6, 6.07) is 2.80. The number of alkyl halides is 2. The van der Waals surface area contributed by atoms with E-state index in [4.69, 9.17) is 44.3 Å². The Kier molecular flexibility index (Phi) is 7.41. The van der Waals surface area contributed by atoms with Gasteiger partial charge < -0.3 is 19.1 Å². The highest BCUT2D eigenvalue weighted by atomic mass is 35.5. The summed E-state index contributed by atoms with van der Waals surface area (Å²) < 4.78 is 41.5. The Hall–Kier alpha value is -1.65. The molecule has 0 atom stereocenters. The van der Waals surface area contributed by atoms with Crippen LogP contribution in [-0.4, -0.2) is 60.3 Å². The number of aromatic nitrogens is 2. The van der Waals surface area contributed by atoms with E-state index >= 15 is 0 Å². The average molecular weight is 485 g/mol. The van der Waals surface area contributed by atoms with E-state index in [1.165, 1.54) is 24.1 Å². The number of nitrogens with zero attached hydrogens (tertiary/aromatic N) is 3. The molecule has 0 saturated carbocycles. The fourth-order valence-electron chi connectivity index (χ4n) is 2.94. The molecule has 1 aliphatic rings. The minimum absolute atomic E-state index is 0.0842. The zero-order chi connectivity index (χ0) is 22.0. The van der Waals surface area contributed by atoms with Crippen molar-refractivity contribution in [1.29, 1.82) is 0 Å². The van der Waals surface area contributed by atoms with Crippen molar-refractivity contribution in [3.63, 3.8) is 0 Å². The maximum Gasteiger partial charge on any atom is 0.388 e. The molecule has 7 nitrogen and oxygen atoms in total. The van der Waals surface area contributed by atoms with Gasteiger partial charge in [-0.1, -0.05) is 34.8 Å². The number of hydrogen-bond donors (Lipinski definition) is 0. The monoisotopic (exact) mass is 483 g/mol. The summed E-state index contributed by atoms with van der Waals surface area (Å²) in [5.41, 5.74) is 0.496. The van der Waals surface area contributed by atoms with Gasteiger partial charge in [-0.05, 0) is 12.1 Å². The minimum atomic E-state index is -3.08. The van der Waals surface area contributed by atoms with Gasteiger partial charge in [-0.3, -0.25) is 4.79 Å². The van der Waals surface area contributed by atoms with Gasteiger partial charge in [-0.15, -0.1) is 0 Å². The highest BCUT2D eigenvalue weighted by Crippen LogP contribution is 2.40. The molecule has 0 N–H and O–H groups in total. The van der Waals surface area contributed by atoms with E-state index in [9.17, 15) is 13.6 Å². The third-order valence-electron chi connectivity index (χ3n) is 4.42. The Morgan fingerprint density at radius 3 is 2.60 bits per heavy atom. The molecule has 1 saturated heterocycles. The van der Waals surface area contributed by atoms with Crippen LogP contribution in [0.5, 0.6) is 5.88 Å². The standard InChI is InChI=1S/C18H18Cl3F2N3O4/c1-25(4-3-13-28-5-6-29-13)16(27)10-7-9(11(19)8-12(10)20)15-14(21)17(26(2)24-15)30-18(22)23/h7-8,13,18H,3-6H2,1-2H3. The summed E-state index contributed by atoms with van der Waals surface area (Å²) in [6.07, 6.45) is 0.151. The van der Waals surface area contributed by atoms with E-state index in [-0.39, 0.29) is 50.0 Å². The number of rotatable bonds is 7. The topological polar surface area (TPSA) is 65.8 Å². The van der Waals surface area contributed by atoms with Gasteiger partial charge in [0.05, 0.1) is 28.8 Å². The van der Waals surface area contributed by atoms with Crippen molar-refractivity contribution >= 4 is 40.7 Å². The SMILES string of the molecule is CN(CCC1OCCO1)C(=O)c1cc(-c2nn(C)c(OC(F)F)c2Cl)c(Cl)cc1Cl. The van der Waals surface area contributed by atoms with Crippen molar-refractivity contribution in [3.05, 3.63) is 32.8 Å². The second kappa shape index (κ2) is 9.65. The number of aryl methyl sites for hydroxylation is 1. The molecule has 0 bridgehead atoms. The Morgan fingerprint density at radius 2 is 1.97 bits per heavy atom. The Morgan fingerprint density at radius 1 is 1.30 bits per heavy atom. The van der Waals surface area contributed by atoms with Gasteiger partial charge in [-0.2, -0.15) is 13.9 Å². The van der Waals surface area contributed by atoms with Crippen LogP contribution >= 0.6 is 34.8 Å². The summed E-state index contributed by atoms with van der Waals surface area (Å²) in [6.45, 7) is -1.66. The fraction of sp³-hybridized carbons (Fsp3) is 0.444. The largest absolute Gasteiger partial charge is 0.416 e. The number of halogens is 5. The Labute approximate surface area is 186 Å². The van der Waals surface area contributed by atoms with Gasteiger partial charge in [0, 0.05) is 32.6 Å². The van der Waals surface area contributed by atoms with Crippen molar-refractivity contribution in [2.45, 2.75) is 19.3 Å². The van der Waals surface area contributed by atoms with Crippen LogP contribution in [0.4, 0.5) is 8.78 Å². The molecule has 1 aliphatic heterocycles. The second-order valence-electron chi connectivity index (χ2n) is 6.47. The molecular weight excluding hydrogens is 467 g/mol. The lowest BCUT2D eigenvalue weighted by Crippen LogP contribution is -2.30. The van der Waals surface area contributed by atoms with Gasteiger partial charge in [0.1, 0.15) is 10.7 Å². The number of benzene rings is 1. The average Bonchev–Trinajstić information content (AvgIpc) is 3.29. The quantitative estimate of drug-likeness (QED) is 0.580. The zero-order valence-electron chi connectivity index (χ0n) is 16.0. The van der Waals surface area contributed by atoms with Gasteiger partial charge in [-0.25, -0.2) is 4.68 Å². The molecule has 1 amide bonds. The fourth-order valence-corrected chi connectivity index (χ4v) is 3.80. The molecular formula is C18H18Cl3F2N3O4. The second-order valence-corrected chi connectivity index (χ2v) is 7.66. The van der Waals surface area contributed by atoms with Gasteiger partial charge >= 0.3 is 6.61 Å². The first-order valence-electron chi connectivity index (χ1n) is 8.84. The maximum absolute atomic E-state index is 12.9. The first-order chi connectivity index (χ1) is 14.2. The van der Waals surface area contributed by atoms with Gasteiger partial charge in [0.2, 0.25) is 5.88 Å². The number of carbonyl (C=O) groups is 1. The van der Waals surface area contributed by atoms with Crippen LogP contribution in [0.15, 0.2) is 12.1 Å². The molecule has 1 aromatic carbocycles. The molecule has 1 fully saturated rings. The predicted octanol–water partition coefficient (Wildman–Crippen LogP) is 4.48. The third kappa shape index (κ3) is 4.97. The number of ether oxygens (including phenoxy) is 3. The van der Waals surface area contributed by atoms with Crippen molar-refractivity contribution in [2.24, 2.45) is 7.05 Å². The van der Waals surface area contributed by atoms with Gasteiger partial charge in [0.15, 0.2) is 6.29 Å². The van der Waals surface area contributed by atoms with Crippen LogP contribution in [0.1, 0.15) is 16.8 Å². The first kappa shape index (κ1) is 23.0. The maximum atomic E-state index is 12.9. The van der Waals surface area contributed by atoms with Crippen molar-refractivity contribution in [1.82, 2.24) is 14.7 Å². The predicted molar refractivity (Wildman–Crippen MR) is 108 cm³/mol. The van der Waals surface area contributed by atoms with Crippen molar-refractivity contribution < 1.29 is 27.8 Å². The van der Waals surface area contributed by atoms with E-state index in [2.05, 4.69) is 9.84 Å². The molecule has 12 heteroatoms. The highest BCUT2D eigenvalue weighted by Gasteiger charge is 2.25. The van der Waals surface area contributed by atoms with Crippen LogP contribution in [0.25, 0.3) is 11.3 Å². The molecule has 164 valence electrons. The molecule has 2 aromatic rings. The molecule has 30 heavy (non-hydrogen) atoms. The van der Waals surface area contributed by atoms with Crippen LogP contribution in [-0.2, 0) is 16.5 Å². The van der Waals surface area contributed by atoms with Crippen molar-refractivity contribution in [3.8, 4) is 17.1 Å². The first-order valence-corrected chi connectivity index (χ1v) is 9.97. The van der Waals surface area contributed by atoms with E-state index in [0.717, 1.165) is 4.68 Å². The van der Waals surface area contributed by atoms with Crippen LogP contribution in [0.2, 0.25) is 15.1 Å². The molecule has 3 rings (SSSR count). The number of amides is 1. The molecule has 0 aliphatic carbocycles. The normalized spacial score (nSPS) is 14.5. The lowest BCUT2D eigenvalue weighted by Gasteiger charge is -2.20. The molecule has 2 heterocycles. The van der Waals surface area contributed by atoms with E-state index in [0.29, 0.717) is 26.2 Å². The van der Waals surface area contributed by atoms with Crippen LogP contribution in [0, 0.1) is 0 Å². The van der Waals surface area contributed by atoms with E-state index in [1.54, 1.807) is 7.05 Å². The van der Waals surface area contributed by atoms with E-state index in [1.807, 2.05) is 0 Å². The summed E-state index contributed by atoms with van der Waals surface area (Å²) in [7, 11) is 3.01. The Bertz CT molecular complexity index is 936. The molecule has 0 spiro atoms.